The van der Waals surface area contributed by atoms with Crippen LogP contribution in [0.3, 0.4) is 0 Å². The molecule has 0 saturated carbocycles. The average Bonchev–Trinajstić information content (AvgIpc) is 2.88. The third-order valence-corrected chi connectivity index (χ3v) is 4.42. The Kier molecular flexibility index (Phi) is 4.69. The Labute approximate surface area is 144 Å². The molecule has 1 saturated heterocycles. The molecule has 1 aromatic rings. The third kappa shape index (κ3) is 3.62. The number of imide groups is 1. The Balaban J connectivity index is 1.66. The van der Waals surface area contributed by atoms with E-state index >= 15 is 0 Å². The van der Waals surface area contributed by atoms with Crippen LogP contribution in [-0.4, -0.2) is 46.3 Å². The lowest BCUT2D eigenvalue weighted by Crippen LogP contribution is -2.52. The van der Waals surface area contributed by atoms with Gasteiger partial charge < -0.3 is 15.3 Å². The number of carbonyl (C=O) groups is 4. The van der Waals surface area contributed by atoms with Gasteiger partial charge in [-0.15, -0.1) is 0 Å². The second-order valence-corrected chi connectivity index (χ2v) is 6.20. The van der Waals surface area contributed by atoms with Crippen LogP contribution in [-0.2, 0) is 20.9 Å². The molecule has 1 atom stereocenters. The highest BCUT2D eigenvalue weighted by molar-refractivity contribution is 6.05. The molecule has 25 heavy (non-hydrogen) atoms. The Morgan fingerprint density at radius 2 is 2.12 bits per heavy atom. The summed E-state index contributed by atoms with van der Waals surface area (Å²) in [6.45, 7) is 0.848. The van der Waals surface area contributed by atoms with Gasteiger partial charge in [0.15, 0.2) is 0 Å². The van der Waals surface area contributed by atoms with E-state index in [1.54, 1.807) is 12.1 Å². The van der Waals surface area contributed by atoms with Crippen molar-refractivity contribution in [2.75, 3.05) is 11.9 Å². The summed E-state index contributed by atoms with van der Waals surface area (Å²) in [5.41, 5.74) is 2.18. The van der Waals surface area contributed by atoms with Crippen LogP contribution < -0.4 is 10.6 Å². The molecule has 2 heterocycles. The predicted octanol–water partition coefficient (Wildman–Crippen LogP) is 0.724. The number of rotatable bonds is 6. The van der Waals surface area contributed by atoms with Crippen molar-refractivity contribution in [3.63, 3.8) is 0 Å². The molecular formula is C17H19N3O5. The molecule has 2 aliphatic heterocycles. The molecule has 0 radical (unpaired) electrons. The molecule has 3 amide bonds. The van der Waals surface area contributed by atoms with E-state index in [1.165, 1.54) is 4.90 Å². The summed E-state index contributed by atoms with van der Waals surface area (Å²) < 4.78 is 0. The van der Waals surface area contributed by atoms with Crippen LogP contribution in [0.25, 0.3) is 0 Å². The summed E-state index contributed by atoms with van der Waals surface area (Å²) in [7, 11) is 0. The van der Waals surface area contributed by atoms with Gasteiger partial charge in [0.1, 0.15) is 6.04 Å². The number of nitrogens with one attached hydrogen (secondary N) is 2. The molecule has 2 aliphatic rings. The van der Waals surface area contributed by atoms with Crippen LogP contribution in [0.1, 0.15) is 41.6 Å². The van der Waals surface area contributed by atoms with Gasteiger partial charge in [-0.25, -0.2) is 0 Å². The van der Waals surface area contributed by atoms with Gasteiger partial charge in [-0.3, -0.25) is 24.5 Å². The number of hydrogen-bond donors (Lipinski definition) is 3. The molecule has 132 valence electrons. The lowest BCUT2D eigenvalue weighted by Gasteiger charge is -2.29. The van der Waals surface area contributed by atoms with Crippen molar-refractivity contribution in [3.05, 3.63) is 29.3 Å². The van der Waals surface area contributed by atoms with Crippen molar-refractivity contribution >= 4 is 29.4 Å². The van der Waals surface area contributed by atoms with Crippen molar-refractivity contribution < 1.29 is 24.3 Å². The fraction of sp³-hybridized carbons (Fsp3) is 0.412. The Morgan fingerprint density at radius 1 is 1.32 bits per heavy atom. The largest absolute Gasteiger partial charge is 0.481 e. The Morgan fingerprint density at radius 3 is 2.84 bits per heavy atom. The maximum absolute atomic E-state index is 12.5. The summed E-state index contributed by atoms with van der Waals surface area (Å²) in [4.78, 5) is 47.8. The summed E-state index contributed by atoms with van der Waals surface area (Å²) in [6.07, 6.45) is 1.17. The SMILES string of the molecule is O=C(O)CCCNc1ccc2c(c1)CN(C1CCC(=O)NC1=O)C2=O. The molecule has 0 bridgehead atoms. The zero-order valence-corrected chi connectivity index (χ0v) is 13.6. The number of piperidine rings is 1. The molecule has 3 N–H and O–H groups in total. The highest BCUT2D eigenvalue weighted by atomic mass is 16.4. The zero-order valence-electron chi connectivity index (χ0n) is 13.6. The smallest absolute Gasteiger partial charge is 0.303 e. The van der Waals surface area contributed by atoms with Gasteiger partial charge in [-0.05, 0) is 36.6 Å². The van der Waals surface area contributed by atoms with E-state index in [0.29, 0.717) is 31.5 Å². The summed E-state index contributed by atoms with van der Waals surface area (Å²) in [5.74, 6) is -1.77. The fourth-order valence-corrected chi connectivity index (χ4v) is 3.16. The third-order valence-electron chi connectivity index (χ3n) is 4.42. The maximum Gasteiger partial charge on any atom is 0.303 e. The number of nitrogens with zero attached hydrogens (tertiary/aromatic N) is 1. The molecule has 1 unspecified atom stereocenters. The number of fused-ring (bicyclic) bond motifs is 1. The van der Waals surface area contributed by atoms with Crippen LogP contribution >= 0.6 is 0 Å². The maximum atomic E-state index is 12.5. The van der Waals surface area contributed by atoms with Gasteiger partial charge in [-0.2, -0.15) is 0 Å². The number of aliphatic carboxylic acids is 1. The van der Waals surface area contributed by atoms with E-state index in [4.69, 9.17) is 5.11 Å². The lowest BCUT2D eigenvalue weighted by atomic mass is 10.0. The number of carboxylic acid groups (broad SMARTS) is 1. The first-order valence-electron chi connectivity index (χ1n) is 8.19. The summed E-state index contributed by atoms with van der Waals surface area (Å²) in [6, 6.07) is 4.71. The van der Waals surface area contributed by atoms with Crippen LogP contribution in [0.15, 0.2) is 18.2 Å². The molecule has 8 nitrogen and oxygen atoms in total. The lowest BCUT2D eigenvalue weighted by molar-refractivity contribution is -0.138. The quantitative estimate of drug-likeness (QED) is 0.517. The number of benzene rings is 1. The molecule has 3 rings (SSSR count). The minimum Gasteiger partial charge on any atom is -0.481 e. The van der Waals surface area contributed by atoms with Crippen molar-refractivity contribution in [3.8, 4) is 0 Å². The van der Waals surface area contributed by atoms with E-state index < -0.39 is 17.9 Å². The number of hydrogen-bond acceptors (Lipinski definition) is 5. The monoisotopic (exact) mass is 345 g/mol. The normalized spacial score (nSPS) is 19.6. The molecule has 1 fully saturated rings. The van der Waals surface area contributed by atoms with Crippen LogP contribution in [0.4, 0.5) is 5.69 Å². The van der Waals surface area contributed by atoms with Crippen molar-refractivity contribution in [2.45, 2.75) is 38.3 Å². The van der Waals surface area contributed by atoms with Gasteiger partial charge in [0.05, 0.1) is 0 Å². The first-order valence-corrected chi connectivity index (χ1v) is 8.19. The minimum absolute atomic E-state index is 0.0969. The molecule has 8 heteroatoms. The van der Waals surface area contributed by atoms with Crippen molar-refractivity contribution in [1.29, 1.82) is 0 Å². The van der Waals surface area contributed by atoms with E-state index in [0.717, 1.165) is 11.3 Å². The fourth-order valence-electron chi connectivity index (χ4n) is 3.16. The second-order valence-electron chi connectivity index (χ2n) is 6.20. The van der Waals surface area contributed by atoms with Crippen LogP contribution in [0, 0.1) is 0 Å². The van der Waals surface area contributed by atoms with Gasteiger partial charge in [0.2, 0.25) is 11.8 Å². The van der Waals surface area contributed by atoms with Gasteiger partial charge in [-0.1, -0.05) is 0 Å². The summed E-state index contributed by atoms with van der Waals surface area (Å²) in [5, 5.41) is 14.0. The van der Waals surface area contributed by atoms with E-state index in [1.807, 2.05) is 6.07 Å². The average molecular weight is 345 g/mol. The van der Waals surface area contributed by atoms with Crippen molar-refractivity contribution in [2.24, 2.45) is 0 Å². The molecule has 0 aliphatic carbocycles. The summed E-state index contributed by atoms with van der Waals surface area (Å²) >= 11 is 0. The van der Waals surface area contributed by atoms with Gasteiger partial charge in [0, 0.05) is 37.2 Å². The zero-order chi connectivity index (χ0) is 18.0. The predicted molar refractivity (Wildman–Crippen MR) is 87.8 cm³/mol. The first kappa shape index (κ1) is 16.9. The van der Waals surface area contributed by atoms with Gasteiger partial charge in [0.25, 0.3) is 5.91 Å². The van der Waals surface area contributed by atoms with E-state index in [-0.39, 0.29) is 24.7 Å². The topological polar surface area (TPSA) is 116 Å². The molecule has 1 aromatic carbocycles. The van der Waals surface area contributed by atoms with E-state index in [9.17, 15) is 19.2 Å². The van der Waals surface area contributed by atoms with Crippen LogP contribution in [0.5, 0.6) is 0 Å². The van der Waals surface area contributed by atoms with Crippen molar-refractivity contribution in [1.82, 2.24) is 10.2 Å². The first-order chi connectivity index (χ1) is 12.0. The highest BCUT2D eigenvalue weighted by Crippen LogP contribution is 2.29. The molecule has 0 aromatic heterocycles. The van der Waals surface area contributed by atoms with Gasteiger partial charge >= 0.3 is 5.97 Å². The Hall–Kier alpha value is -2.90. The van der Waals surface area contributed by atoms with E-state index in [2.05, 4.69) is 10.6 Å². The number of carbonyl (C=O) groups excluding carboxylic acids is 3. The Bertz CT molecular complexity index is 746. The molecule has 0 spiro atoms. The number of amides is 3. The number of anilines is 1. The highest BCUT2D eigenvalue weighted by Gasteiger charge is 2.38. The molecular weight excluding hydrogens is 326 g/mol. The minimum atomic E-state index is -0.832. The number of carboxylic acids is 1. The van der Waals surface area contributed by atoms with Crippen LogP contribution in [0.2, 0.25) is 0 Å². The standard InChI is InChI=1S/C17H19N3O5/c21-14-6-5-13(16(24)19-14)20-9-10-8-11(3-4-12(10)17(20)25)18-7-1-2-15(22)23/h3-4,8,13,18H,1-2,5-7,9H2,(H,22,23)(H,19,21,24). The second kappa shape index (κ2) is 6.92.